The van der Waals surface area contributed by atoms with Gasteiger partial charge in [0.15, 0.2) is 5.65 Å². The van der Waals surface area contributed by atoms with Crippen LogP contribution in [0.5, 0.6) is 0 Å². The lowest BCUT2D eigenvalue weighted by molar-refractivity contribution is -0.137. The Morgan fingerprint density at radius 2 is 1.86 bits per heavy atom. The van der Waals surface area contributed by atoms with Crippen LogP contribution in [-0.4, -0.2) is 31.8 Å². The van der Waals surface area contributed by atoms with Crippen molar-refractivity contribution in [1.82, 2.24) is 20.2 Å². The van der Waals surface area contributed by atoms with E-state index in [0.29, 0.717) is 16.6 Å². The zero-order chi connectivity index (χ0) is 20.4. The zero-order valence-electron chi connectivity index (χ0n) is 15.0. The van der Waals surface area contributed by atoms with Gasteiger partial charge in [0.05, 0.1) is 17.4 Å². The molecule has 0 fully saturated rings. The Morgan fingerprint density at radius 1 is 1.07 bits per heavy atom. The van der Waals surface area contributed by atoms with Crippen molar-refractivity contribution < 1.29 is 24.0 Å². The number of benzene rings is 1. The molecule has 0 bridgehead atoms. The molecule has 0 aliphatic heterocycles. The fraction of sp³-hybridized carbons (Fsp3) is 0.150. The van der Waals surface area contributed by atoms with Crippen LogP contribution in [0.3, 0.4) is 0 Å². The van der Waals surface area contributed by atoms with Crippen molar-refractivity contribution in [1.29, 1.82) is 0 Å². The Morgan fingerprint density at radius 3 is 2.62 bits per heavy atom. The number of hydrogen-bond donors (Lipinski definition) is 3. The first kappa shape index (κ1) is 18.9. The average Bonchev–Trinajstić information content (AvgIpc) is 3.16. The van der Waals surface area contributed by atoms with Crippen LogP contribution in [0.15, 0.2) is 60.8 Å². The number of nitrogens with one attached hydrogen (secondary N) is 2. The van der Waals surface area contributed by atoms with Gasteiger partial charge < -0.3 is 10.4 Å². The molecule has 1 aromatic carbocycles. The lowest BCUT2D eigenvalue weighted by Crippen LogP contribution is -2.15. The Hall–Kier alpha value is -3.46. The molecule has 1 atom stereocenters. The van der Waals surface area contributed by atoms with E-state index < -0.39 is 17.8 Å². The summed E-state index contributed by atoms with van der Waals surface area (Å²) in [4.78, 5) is 8.19. The molecular weight excluding hydrogens is 383 g/mol. The summed E-state index contributed by atoms with van der Waals surface area (Å²) in [6.07, 6.45) is -3.92. The minimum absolute atomic E-state index is 0. The highest BCUT2D eigenvalue weighted by Gasteiger charge is 2.35. The van der Waals surface area contributed by atoms with Gasteiger partial charge in [0, 0.05) is 23.8 Å². The van der Waals surface area contributed by atoms with Gasteiger partial charge in [0.25, 0.3) is 0 Å². The SMILES string of the molecule is O[C@H](CNc1ccc(C(F)(F)F)c(-c2[nH]nc3ncccc23)n1)c1ccccc1.[HH].[HH].[HH].[HH]. The number of hydrogen-bond acceptors (Lipinski definition) is 5. The maximum atomic E-state index is 13.6. The largest absolute Gasteiger partial charge is 0.418 e. The molecule has 3 N–H and O–H groups in total. The molecule has 0 aliphatic rings. The van der Waals surface area contributed by atoms with Crippen molar-refractivity contribution >= 4 is 16.9 Å². The molecule has 3 aromatic heterocycles. The van der Waals surface area contributed by atoms with Crippen LogP contribution in [0.25, 0.3) is 22.4 Å². The summed E-state index contributed by atoms with van der Waals surface area (Å²) < 4.78 is 40.7. The van der Waals surface area contributed by atoms with Gasteiger partial charge in [-0.05, 0) is 29.8 Å². The van der Waals surface area contributed by atoms with E-state index in [9.17, 15) is 18.3 Å². The summed E-state index contributed by atoms with van der Waals surface area (Å²) in [5, 5.41) is 20.2. The van der Waals surface area contributed by atoms with Crippen LogP contribution in [0.1, 0.15) is 22.9 Å². The summed E-state index contributed by atoms with van der Waals surface area (Å²) >= 11 is 0. The summed E-state index contributed by atoms with van der Waals surface area (Å²) in [5.74, 6) is 0.203. The number of rotatable bonds is 5. The third-order valence-corrected chi connectivity index (χ3v) is 4.43. The topological polar surface area (TPSA) is 86.7 Å². The predicted octanol–water partition coefficient (Wildman–Crippen LogP) is 5.17. The fourth-order valence-electron chi connectivity index (χ4n) is 3.00. The van der Waals surface area contributed by atoms with Crippen molar-refractivity contribution in [3.63, 3.8) is 0 Å². The van der Waals surface area contributed by atoms with E-state index in [4.69, 9.17) is 0 Å². The summed E-state index contributed by atoms with van der Waals surface area (Å²) in [7, 11) is 0. The smallest absolute Gasteiger partial charge is 0.387 e. The van der Waals surface area contributed by atoms with Gasteiger partial charge in [-0.2, -0.15) is 18.3 Å². The number of fused-ring (bicyclic) bond motifs is 1. The molecule has 9 heteroatoms. The maximum absolute atomic E-state index is 13.6. The first-order valence-electron chi connectivity index (χ1n) is 8.78. The Kier molecular flexibility index (Phi) is 4.89. The molecule has 0 radical (unpaired) electrons. The molecule has 0 saturated heterocycles. The van der Waals surface area contributed by atoms with Crippen molar-refractivity contribution in [2.24, 2.45) is 0 Å². The second-order valence-electron chi connectivity index (χ2n) is 6.37. The van der Waals surface area contributed by atoms with E-state index in [2.05, 4.69) is 25.5 Å². The molecule has 4 rings (SSSR count). The Labute approximate surface area is 169 Å². The summed E-state index contributed by atoms with van der Waals surface area (Å²) in [5.41, 5.74) is -0.0472. The van der Waals surface area contributed by atoms with Crippen LogP contribution in [0.4, 0.5) is 19.0 Å². The number of anilines is 1. The highest BCUT2D eigenvalue weighted by atomic mass is 19.4. The minimum Gasteiger partial charge on any atom is -0.387 e. The van der Waals surface area contributed by atoms with E-state index in [0.717, 1.165) is 6.07 Å². The normalized spacial score (nSPS) is 12.8. The van der Waals surface area contributed by atoms with Crippen molar-refractivity contribution in [2.75, 3.05) is 11.9 Å². The maximum Gasteiger partial charge on any atom is 0.418 e. The van der Waals surface area contributed by atoms with Crippen molar-refractivity contribution in [2.45, 2.75) is 12.3 Å². The van der Waals surface area contributed by atoms with Crippen molar-refractivity contribution in [3.8, 4) is 11.4 Å². The van der Waals surface area contributed by atoms with Gasteiger partial charge in [0.1, 0.15) is 11.5 Å². The van der Waals surface area contributed by atoms with Crippen LogP contribution >= 0.6 is 0 Å². The minimum atomic E-state index is -4.59. The number of alkyl halides is 3. The van der Waals surface area contributed by atoms with Crippen LogP contribution < -0.4 is 5.32 Å². The lowest BCUT2D eigenvalue weighted by atomic mass is 10.1. The van der Waals surface area contributed by atoms with Crippen LogP contribution in [-0.2, 0) is 6.18 Å². The molecule has 3 heterocycles. The predicted molar refractivity (Wildman–Crippen MR) is 110 cm³/mol. The summed E-state index contributed by atoms with van der Waals surface area (Å²) in [6.45, 7) is 0.0904. The molecule has 0 spiro atoms. The number of H-pyrrole nitrogens is 1. The number of aliphatic hydroxyl groups is 1. The van der Waals surface area contributed by atoms with E-state index in [-0.39, 0.29) is 29.5 Å². The van der Waals surface area contributed by atoms with Gasteiger partial charge in [-0.1, -0.05) is 30.3 Å². The van der Waals surface area contributed by atoms with Crippen molar-refractivity contribution in [3.05, 3.63) is 71.9 Å². The highest BCUT2D eigenvalue weighted by molar-refractivity contribution is 5.90. The molecule has 0 unspecified atom stereocenters. The molecule has 0 aliphatic carbocycles. The molecule has 0 saturated carbocycles. The fourth-order valence-corrected chi connectivity index (χ4v) is 3.00. The third-order valence-electron chi connectivity index (χ3n) is 4.43. The molecule has 29 heavy (non-hydrogen) atoms. The number of nitrogens with zero attached hydrogens (tertiary/aromatic N) is 3. The number of aromatic amines is 1. The first-order valence-corrected chi connectivity index (χ1v) is 8.78. The Balaban J connectivity index is 0.00000256. The quantitative estimate of drug-likeness (QED) is 0.425. The van der Waals surface area contributed by atoms with Gasteiger partial charge in [0.2, 0.25) is 0 Å². The Bertz CT molecular complexity index is 1150. The van der Waals surface area contributed by atoms with E-state index in [1.807, 2.05) is 6.07 Å². The zero-order valence-corrected chi connectivity index (χ0v) is 15.0. The summed E-state index contributed by atoms with van der Waals surface area (Å²) in [6, 6.07) is 14.4. The molecule has 6 nitrogen and oxygen atoms in total. The van der Waals surface area contributed by atoms with E-state index >= 15 is 0 Å². The number of halogens is 3. The second kappa shape index (κ2) is 7.51. The van der Waals surface area contributed by atoms with Crippen LogP contribution in [0, 0.1) is 0 Å². The number of aromatic nitrogens is 4. The van der Waals surface area contributed by atoms with E-state index in [1.165, 1.54) is 12.3 Å². The molecular formula is C20H24F3N5O. The van der Waals surface area contributed by atoms with Gasteiger partial charge in [-0.3, -0.25) is 5.10 Å². The number of aliphatic hydroxyl groups excluding tert-OH is 1. The molecule has 0 amide bonds. The standard InChI is InChI=1S/C20H16F3N5O.4H2/c21-20(22,23)14-8-9-16(25-11-15(29)12-5-2-1-3-6-12)26-18(14)17-13-7-4-10-24-19(13)28-27-17;;;;/h1-10,15,29H,11H2,(H,25,26)(H,24,27,28);4*1H/t15-;;;;/m1..../s1. The van der Waals surface area contributed by atoms with Crippen LogP contribution in [0.2, 0.25) is 0 Å². The lowest BCUT2D eigenvalue weighted by Gasteiger charge is -2.16. The molecule has 156 valence electrons. The molecule has 4 aromatic rings. The van der Waals surface area contributed by atoms with Gasteiger partial charge in [-0.25, -0.2) is 9.97 Å². The van der Waals surface area contributed by atoms with Gasteiger partial charge in [-0.15, -0.1) is 0 Å². The highest BCUT2D eigenvalue weighted by Crippen LogP contribution is 2.38. The number of pyridine rings is 2. The average molecular weight is 407 g/mol. The second-order valence-corrected chi connectivity index (χ2v) is 6.37. The van der Waals surface area contributed by atoms with E-state index in [1.54, 1.807) is 36.4 Å². The monoisotopic (exact) mass is 407 g/mol. The first-order chi connectivity index (χ1) is 13.9. The third kappa shape index (κ3) is 3.90. The van der Waals surface area contributed by atoms with Gasteiger partial charge >= 0.3 is 6.18 Å².